The molecule has 0 spiro atoms. The number of thioether (sulfide) groups is 1. The average Bonchev–Trinajstić information content (AvgIpc) is 2.74. The van der Waals surface area contributed by atoms with E-state index >= 15 is 0 Å². The first-order valence-electron chi connectivity index (χ1n) is 9.60. The Hall–Kier alpha value is -2.34. The van der Waals surface area contributed by atoms with E-state index in [-0.39, 0.29) is 23.4 Å². The Morgan fingerprint density at radius 2 is 1.46 bits per heavy atom. The number of piperazine rings is 1. The maximum Gasteiger partial charge on any atom is 0.233 e. The van der Waals surface area contributed by atoms with Crippen LogP contribution in [-0.2, 0) is 16.0 Å². The summed E-state index contributed by atoms with van der Waals surface area (Å²) in [7, 11) is 0. The largest absolute Gasteiger partial charge is 0.339 e. The minimum Gasteiger partial charge on any atom is -0.339 e. The van der Waals surface area contributed by atoms with Gasteiger partial charge in [-0.2, -0.15) is 0 Å². The molecule has 0 saturated carbocycles. The Balaban J connectivity index is 1.37. The van der Waals surface area contributed by atoms with Crippen LogP contribution in [0.4, 0.5) is 4.39 Å². The van der Waals surface area contributed by atoms with Crippen LogP contribution in [0.15, 0.2) is 59.5 Å². The molecular formula is C22H25FN2O2S. The van der Waals surface area contributed by atoms with Crippen molar-refractivity contribution in [1.82, 2.24) is 9.80 Å². The molecule has 1 aliphatic heterocycles. The highest BCUT2D eigenvalue weighted by molar-refractivity contribution is 8.00. The molecule has 1 heterocycles. The third kappa shape index (κ3) is 5.83. The standard InChI is InChI=1S/C22H25FN2O2S/c23-19-10-4-5-11-20(19)28-17-22(27)25-15-13-24(14-16-25)21(26)12-6-9-18-7-2-1-3-8-18/h1-5,7-8,10-11H,6,9,12-17H2. The molecule has 148 valence electrons. The van der Waals surface area contributed by atoms with Gasteiger partial charge in [0.05, 0.1) is 5.75 Å². The van der Waals surface area contributed by atoms with Gasteiger partial charge in [-0.05, 0) is 30.5 Å². The fourth-order valence-electron chi connectivity index (χ4n) is 3.24. The zero-order valence-corrected chi connectivity index (χ0v) is 16.7. The van der Waals surface area contributed by atoms with Crippen molar-refractivity contribution in [1.29, 1.82) is 0 Å². The summed E-state index contributed by atoms with van der Waals surface area (Å²) in [6.45, 7) is 2.22. The van der Waals surface area contributed by atoms with Crippen molar-refractivity contribution in [2.24, 2.45) is 0 Å². The van der Waals surface area contributed by atoms with Crippen molar-refractivity contribution in [2.75, 3.05) is 31.9 Å². The molecule has 2 aromatic rings. The van der Waals surface area contributed by atoms with Gasteiger partial charge in [-0.25, -0.2) is 4.39 Å². The minimum absolute atomic E-state index is 0.00979. The number of benzene rings is 2. The van der Waals surface area contributed by atoms with Crippen molar-refractivity contribution in [3.8, 4) is 0 Å². The van der Waals surface area contributed by atoms with Gasteiger partial charge in [-0.1, -0.05) is 42.5 Å². The van der Waals surface area contributed by atoms with Crippen molar-refractivity contribution in [3.63, 3.8) is 0 Å². The van der Waals surface area contributed by atoms with E-state index in [4.69, 9.17) is 0 Å². The highest BCUT2D eigenvalue weighted by Crippen LogP contribution is 2.21. The topological polar surface area (TPSA) is 40.6 Å². The van der Waals surface area contributed by atoms with Gasteiger partial charge in [0.15, 0.2) is 0 Å². The number of halogens is 1. The summed E-state index contributed by atoms with van der Waals surface area (Å²) in [6, 6.07) is 16.6. The number of amides is 2. The lowest BCUT2D eigenvalue weighted by atomic mass is 10.1. The van der Waals surface area contributed by atoms with Gasteiger partial charge in [0, 0.05) is 37.5 Å². The van der Waals surface area contributed by atoms with E-state index in [1.54, 1.807) is 23.1 Å². The summed E-state index contributed by atoms with van der Waals surface area (Å²) in [5, 5.41) is 0. The normalized spacial score (nSPS) is 14.2. The molecule has 0 aromatic heterocycles. The van der Waals surface area contributed by atoms with Gasteiger partial charge >= 0.3 is 0 Å². The van der Waals surface area contributed by atoms with E-state index < -0.39 is 0 Å². The van der Waals surface area contributed by atoms with Crippen LogP contribution in [0.3, 0.4) is 0 Å². The number of rotatable bonds is 7. The summed E-state index contributed by atoms with van der Waals surface area (Å²) in [5.41, 5.74) is 1.25. The Morgan fingerprint density at radius 3 is 2.14 bits per heavy atom. The number of hydrogen-bond acceptors (Lipinski definition) is 3. The van der Waals surface area contributed by atoms with Gasteiger partial charge in [0.25, 0.3) is 0 Å². The molecule has 28 heavy (non-hydrogen) atoms. The van der Waals surface area contributed by atoms with Crippen LogP contribution in [0, 0.1) is 5.82 Å². The molecule has 0 N–H and O–H groups in total. The number of carbonyl (C=O) groups is 2. The summed E-state index contributed by atoms with van der Waals surface area (Å²) in [4.78, 5) is 28.9. The molecule has 1 aliphatic rings. The first kappa shape index (κ1) is 20.4. The highest BCUT2D eigenvalue weighted by Gasteiger charge is 2.23. The fourth-order valence-corrected chi connectivity index (χ4v) is 4.09. The molecule has 3 rings (SSSR count). The monoisotopic (exact) mass is 400 g/mol. The van der Waals surface area contributed by atoms with E-state index in [9.17, 15) is 14.0 Å². The average molecular weight is 401 g/mol. The molecule has 6 heteroatoms. The third-order valence-corrected chi connectivity index (χ3v) is 5.91. The molecule has 0 aliphatic carbocycles. The molecule has 0 radical (unpaired) electrons. The number of aryl methyl sites for hydroxylation is 1. The van der Waals surface area contributed by atoms with E-state index in [2.05, 4.69) is 12.1 Å². The molecule has 1 saturated heterocycles. The molecule has 0 unspecified atom stereocenters. The second-order valence-electron chi connectivity index (χ2n) is 6.82. The number of nitrogens with zero attached hydrogens (tertiary/aromatic N) is 2. The zero-order chi connectivity index (χ0) is 19.8. The van der Waals surface area contributed by atoms with Crippen LogP contribution >= 0.6 is 11.8 Å². The molecule has 0 bridgehead atoms. The van der Waals surface area contributed by atoms with Gasteiger partial charge in [-0.15, -0.1) is 11.8 Å². The molecule has 2 aromatic carbocycles. The molecule has 2 amide bonds. The van der Waals surface area contributed by atoms with Crippen LogP contribution < -0.4 is 0 Å². The Labute approximate surface area is 169 Å². The fraction of sp³-hybridized carbons (Fsp3) is 0.364. The molecule has 1 fully saturated rings. The van der Waals surface area contributed by atoms with Crippen molar-refractivity contribution < 1.29 is 14.0 Å². The predicted octanol–water partition coefficient (Wildman–Crippen LogP) is 3.61. The first-order chi connectivity index (χ1) is 13.6. The van der Waals surface area contributed by atoms with Crippen molar-refractivity contribution in [2.45, 2.75) is 24.2 Å². The van der Waals surface area contributed by atoms with Gasteiger partial charge in [-0.3, -0.25) is 9.59 Å². The molecular weight excluding hydrogens is 375 g/mol. The lowest BCUT2D eigenvalue weighted by Gasteiger charge is -2.35. The Morgan fingerprint density at radius 1 is 0.857 bits per heavy atom. The van der Waals surface area contributed by atoms with Crippen LogP contribution in [0.25, 0.3) is 0 Å². The summed E-state index contributed by atoms with van der Waals surface area (Å²) in [5.74, 6) is 0.0609. The van der Waals surface area contributed by atoms with Gasteiger partial charge in [0.1, 0.15) is 5.82 Å². The van der Waals surface area contributed by atoms with Crippen LogP contribution in [0.2, 0.25) is 0 Å². The number of carbonyl (C=O) groups excluding carboxylic acids is 2. The smallest absolute Gasteiger partial charge is 0.233 e. The van der Waals surface area contributed by atoms with E-state index in [0.717, 1.165) is 12.8 Å². The summed E-state index contributed by atoms with van der Waals surface area (Å²) < 4.78 is 13.6. The molecule has 4 nitrogen and oxygen atoms in total. The Kier molecular flexibility index (Phi) is 7.48. The molecule has 0 atom stereocenters. The van der Waals surface area contributed by atoms with Gasteiger partial charge < -0.3 is 9.80 Å². The van der Waals surface area contributed by atoms with E-state index in [1.165, 1.54) is 23.4 Å². The summed E-state index contributed by atoms with van der Waals surface area (Å²) >= 11 is 1.22. The maximum absolute atomic E-state index is 13.6. The van der Waals surface area contributed by atoms with Crippen molar-refractivity contribution in [3.05, 3.63) is 66.0 Å². The second kappa shape index (κ2) is 10.3. The van der Waals surface area contributed by atoms with E-state index in [0.29, 0.717) is 37.5 Å². The quantitative estimate of drug-likeness (QED) is 0.667. The SMILES string of the molecule is O=C(CCCc1ccccc1)N1CCN(C(=O)CSc2ccccc2F)CC1. The highest BCUT2D eigenvalue weighted by atomic mass is 32.2. The van der Waals surface area contributed by atoms with Crippen LogP contribution in [0.5, 0.6) is 0 Å². The Bertz CT molecular complexity index is 792. The lowest BCUT2D eigenvalue weighted by molar-refractivity contribution is -0.138. The maximum atomic E-state index is 13.6. The van der Waals surface area contributed by atoms with Crippen LogP contribution in [0.1, 0.15) is 18.4 Å². The number of hydrogen-bond donors (Lipinski definition) is 0. The first-order valence-corrected chi connectivity index (χ1v) is 10.6. The lowest BCUT2D eigenvalue weighted by Crippen LogP contribution is -2.51. The third-order valence-electron chi connectivity index (χ3n) is 4.87. The van der Waals surface area contributed by atoms with Crippen molar-refractivity contribution >= 4 is 23.6 Å². The zero-order valence-electron chi connectivity index (χ0n) is 15.9. The summed E-state index contributed by atoms with van der Waals surface area (Å²) in [6.07, 6.45) is 2.27. The minimum atomic E-state index is -0.300. The van der Waals surface area contributed by atoms with Gasteiger partial charge in [0.2, 0.25) is 11.8 Å². The predicted molar refractivity (Wildman–Crippen MR) is 110 cm³/mol. The van der Waals surface area contributed by atoms with E-state index in [1.807, 2.05) is 23.1 Å². The second-order valence-corrected chi connectivity index (χ2v) is 7.84. The van der Waals surface area contributed by atoms with Crippen LogP contribution in [-0.4, -0.2) is 53.5 Å².